The van der Waals surface area contributed by atoms with Crippen LogP contribution in [0.15, 0.2) is 30.3 Å². The fourth-order valence-electron chi connectivity index (χ4n) is 8.99. The van der Waals surface area contributed by atoms with Gasteiger partial charge in [-0.3, -0.25) is 0 Å². The molecule has 4 rings (SSSR count). The van der Waals surface area contributed by atoms with Gasteiger partial charge in [-0.15, -0.1) is 0 Å². The number of hydrogen-bond donors (Lipinski definition) is 0. The van der Waals surface area contributed by atoms with Crippen molar-refractivity contribution in [1.29, 1.82) is 0 Å². The first kappa shape index (κ1) is 32.9. The molecule has 0 bridgehead atoms. The third-order valence-electron chi connectivity index (χ3n) is 10.9. The van der Waals surface area contributed by atoms with Crippen molar-refractivity contribution in [3.05, 3.63) is 50.7 Å². The maximum absolute atomic E-state index is 4.93. The Hall–Kier alpha value is 0.900. The fraction of sp³-hybridized carbons (Fsp3) is 0.733. The Morgan fingerprint density at radius 1 is 0.824 bits per heavy atom. The van der Waals surface area contributed by atoms with Gasteiger partial charge in [-0.2, -0.15) is 0 Å². The molecule has 0 N–H and O–H groups in total. The Balaban J connectivity index is 0.00000110. The van der Waals surface area contributed by atoms with Crippen LogP contribution in [0.5, 0.6) is 0 Å². The SMILES string of the molecule is CC(c1ccccc1)C1CC([Si](C)(C)C2C(C)C(C)C(C)C2C)C2CCCCC12.[CH3-].[CH3-].[Cl][Zr+2][Cl]. The summed E-state index contributed by atoms with van der Waals surface area (Å²) in [5.41, 5.74) is 3.66. The number of rotatable bonds is 4. The van der Waals surface area contributed by atoms with E-state index in [1.807, 2.05) is 0 Å². The first-order chi connectivity index (χ1) is 15.2. The van der Waals surface area contributed by atoms with Crippen LogP contribution in [0.2, 0.25) is 24.2 Å². The summed E-state index contributed by atoms with van der Waals surface area (Å²) in [7, 11) is 8.52. The molecule has 9 atom stereocenters. The van der Waals surface area contributed by atoms with Crippen LogP contribution in [0, 0.1) is 56.3 Å². The van der Waals surface area contributed by atoms with E-state index in [-0.39, 0.29) is 14.9 Å². The summed E-state index contributed by atoms with van der Waals surface area (Å²) in [4.78, 5) is 0. The van der Waals surface area contributed by atoms with Crippen LogP contribution < -0.4 is 0 Å². The molecule has 34 heavy (non-hydrogen) atoms. The standard InChI is InChI=1S/C28H46Si.2CH3.2ClH.Zr/c1-18-19(2)21(4)28(20(18)3)29(6,7)27-17-26(24-15-11-12-16-25(24)27)22(5)23-13-9-8-10-14-23;;;;;/h8-10,13-14,18-22,24-28H,11-12,15-17H2,1-7H3;2*1H3;2*1H;/q;2*-1;;;+4/p-2. The summed E-state index contributed by atoms with van der Waals surface area (Å²) in [6, 6.07) is 11.5. The summed E-state index contributed by atoms with van der Waals surface area (Å²) in [5.74, 6) is 7.34. The van der Waals surface area contributed by atoms with E-state index < -0.39 is 28.9 Å². The second kappa shape index (κ2) is 14.2. The summed E-state index contributed by atoms with van der Waals surface area (Å²) in [6.45, 7) is 18.5. The van der Waals surface area contributed by atoms with Gasteiger partial charge in [0.25, 0.3) is 0 Å². The van der Waals surface area contributed by atoms with E-state index in [1.165, 1.54) is 32.1 Å². The minimum absolute atomic E-state index is 0. The van der Waals surface area contributed by atoms with Gasteiger partial charge in [0.05, 0.1) is 8.07 Å². The summed E-state index contributed by atoms with van der Waals surface area (Å²) >= 11 is -0.826. The van der Waals surface area contributed by atoms with Crippen LogP contribution in [0.1, 0.15) is 78.2 Å². The van der Waals surface area contributed by atoms with Gasteiger partial charge in [0.1, 0.15) is 0 Å². The molecule has 3 fully saturated rings. The molecule has 3 saturated carbocycles. The summed E-state index contributed by atoms with van der Waals surface area (Å²) in [5, 5.41) is 0. The molecule has 0 heterocycles. The predicted molar refractivity (Wildman–Crippen MR) is 155 cm³/mol. The van der Waals surface area contributed by atoms with Gasteiger partial charge in [-0.05, 0) is 76.8 Å². The van der Waals surface area contributed by atoms with E-state index in [0.29, 0.717) is 0 Å². The fourth-order valence-corrected chi connectivity index (χ4v) is 15.2. The van der Waals surface area contributed by atoms with Gasteiger partial charge in [0.15, 0.2) is 0 Å². The van der Waals surface area contributed by atoms with Crippen LogP contribution in [-0.2, 0) is 20.8 Å². The van der Waals surface area contributed by atoms with Gasteiger partial charge in [-0.25, -0.2) is 0 Å². The second-order valence-electron chi connectivity index (χ2n) is 12.2. The Kier molecular flexibility index (Phi) is 13.7. The van der Waals surface area contributed by atoms with Gasteiger partial charge in [0, 0.05) is 0 Å². The van der Waals surface area contributed by atoms with Crippen LogP contribution >= 0.6 is 17.0 Å². The topological polar surface area (TPSA) is 0 Å². The zero-order chi connectivity index (χ0) is 23.6. The van der Waals surface area contributed by atoms with Crippen molar-refractivity contribution < 1.29 is 20.8 Å². The Morgan fingerprint density at radius 2 is 1.29 bits per heavy atom. The molecule has 0 aromatic heterocycles. The van der Waals surface area contributed by atoms with Crippen LogP contribution in [-0.4, -0.2) is 8.07 Å². The molecule has 4 heteroatoms. The average Bonchev–Trinajstić information content (AvgIpc) is 3.27. The maximum atomic E-state index is 4.93. The van der Waals surface area contributed by atoms with E-state index >= 15 is 0 Å². The van der Waals surface area contributed by atoms with Crippen molar-refractivity contribution in [2.75, 3.05) is 0 Å². The summed E-state index contributed by atoms with van der Waals surface area (Å²) < 4.78 is 0. The van der Waals surface area contributed by atoms with Crippen LogP contribution in [0.4, 0.5) is 0 Å². The molecule has 1 aromatic carbocycles. The molecule has 3 aliphatic carbocycles. The van der Waals surface area contributed by atoms with Crippen molar-refractivity contribution in [2.45, 2.75) is 96.8 Å². The quantitative estimate of drug-likeness (QED) is 0.238. The van der Waals surface area contributed by atoms with E-state index in [0.717, 1.165) is 58.4 Å². The van der Waals surface area contributed by atoms with Crippen molar-refractivity contribution in [3.8, 4) is 0 Å². The second-order valence-corrected chi connectivity index (χ2v) is 21.0. The first-order valence-electron chi connectivity index (χ1n) is 13.2. The third-order valence-corrected chi connectivity index (χ3v) is 16.2. The molecule has 0 amide bonds. The molecule has 1 aromatic rings. The van der Waals surface area contributed by atoms with Crippen molar-refractivity contribution >= 4 is 25.1 Å². The zero-order valence-corrected chi connectivity index (χ0v) is 28.4. The molecule has 9 unspecified atom stereocenters. The molecule has 0 radical (unpaired) electrons. The van der Waals surface area contributed by atoms with Crippen molar-refractivity contribution in [2.24, 2.45) is 41.4 Å². The molecule has 3 aliphatic rings. The number of benzene rings is 1. The van der Waals surface area contributed by atoms with Gasteiger partial charge in [-0.1, -0.05) is 97.3 Å². The molecule has 0 saturated heterocycles. The molecular weight excluding hydrogens is 551 g/mol. The molecule has 0 aliphatic heterocycles. The van der Waals surface area contributed by atoms with Gasteiger partial charge in [0.2, 0.25) is 0 Å². The Morgan fingerprint density at radius 3 is 1.79 bits per heavy atom. The van der Waals surface area contributed by atoms with Crippen LogP contribution in [0.25, 0.3) is 0 Å². The van der Waals surface area contributed by atoms with E-state index in [4.69, 9.17) is 17.0 Å². The van der Waals surface area contributed by atoms with Gasteiger partial charge < -0.3 is 14.9 Å². The Bertz CT molecular complexity index is 697. The third kappa shape index (κ3) is 6.48. The summed E-state index contributed by atoms with van der Waals surface area (Å²) in [6.07, 6.45) is 7.55. The molecule has 0 nitrogen and oxygen atoms in total. The zero-order valence-electron chi connectivity index (χ0n) is 23.5. The van der Waals surface area contributed by atoms with Crippen molar-refractivity contribution in [1.82, 2.24) is 0 Å². The normalized spacial score (nSPS) is 37.7. The van der Waals surface area contributed by atoms with Crippen LogP contribution in [0.3, 0.4) is 0 Å². The first-order valence-corrected chi connectivity index (χ1v) is 22.7. The average molecular weight is 603 g/mol. The molecule has 194 valence electrons. The van der Waals surface area contributed by atoms with E-state index in [2.05, 4.69) is 78.0 Å². The Labute approximate surface area is 233 Å². The molecular formula is C30H52Cl2SiZr. The monoisotopic (exact) mass is 600 g/mol. The predicted octanol–water partition coefficient (Wildman–Crippen LogP) is 10.9. The van der Waals surface area contributed by atoms with E-state index in [1.54, 1.807) is 5.56 Å². The van der Waals surface area contributed by atoms with Crippen molar-refractivity contribution in [3.63, 3.8) is 0 Å². The number of hydrogen-bond acceptors (Lipinski definition) is 0. The van der Waals surface area contributed by atoms with Gasteiger partial charge >= 0.3 is 37.9 Å². The number of fused-ring (bicyclic) bond motifs is 1. The number of halogens is 2. The minimum atomic E-state index is -1.34. The molecule has 0 spiro atoms. The van der Waals surface area contributed by atoms with E-state index in [9.17, 15) is 0 Å².